The van der Waals surface area contributed by atoms with Gasteiger partial charge in [-0.05, 0) is 67.1 Å². The van der Waals surface area contributed by atoms with Crippen molar-refractivity contribution < 1.29 is 9.90 Å². The van der Waals surface area contributed by atoms with Gasteiger partial charge in [-0.3, -0.25) is 0 Å². The first-order chi connectivity index (χ1) is 15.0. The topological polar surface area (TPSA) is 55.1 Å². The Kier molecular flexibility index (Phi) is 5.90. The predicted molar refractivity (Wildman–Crippen MR) is 126 cm³/mol. The van der Waals surface area contributed by atoms with Gasteiger partial charge in [0.05, 0.1) is 5.56 Å². The molecule has 0 aliphatic heterocycles. The maximum Gasteiger partial charge on any atom is 0.336 e. The lowest BCUT2D eigenvalue weighted by Crippen LogP contribution is -2.06. The fourth-order valence-electron chi connectivity index (χ4n) is 4.23. The van der Waals surface area contributed by atoms with Crippen molar-refractivity contribution in [3.63, 3.8) is 0 Å². The minimum Gasteiger partial charge on any atom is -0.478 e. The third kappa shape index (κ3) is 4.24. The van der Waals surface area contributed by atoms with Crippen LogP contribution >= 0.6 is 0 Å². The van der Waals surface area contributed by atoms with Gasteiger partial charge < -0.3 is 9.67 Å². The summed E-state index contributed by atoms with van der Waals surface area (Å²) in [6.45, 7) is 7.16. The molecule has 0 saturated heterocycles. The van der Waals surface area contributed by atoms with Gasteiger partial charge in [-0.2, -0.15) is 0 Å². The molecule has 4 heteroatoms. The van der Waals surface area contributed by atoms with Gasteiger partial charge in [-0.25, -0.2) is 9.78 Å². The van der Waals surface area contributed by atoms with Crippen LogP contribution in [0, 0.1) is 13.8 Å². The first-order valence-electron chi connectivity index (χ1n) is 10.9. The number of hydrogen-bond donors (Lipinski definition) is 1. The largest absolute Gasteiger partial charge is 0.478 e. The Morgan fingerprint density at radius 2 is 1.77 bits per heavy atom. The number of hydrogen-bond acceptors (Lipinski definition) is 2. The molecule has 0 bridgehead atoms. The van der Waals surface area contributed by atoms with Crippen LogP contribution in [0.2, 0.25) is 0 Å². The molecule has 0 aliphatic carbocycles. The van der Waals surface area contributed by atoms with Crippen LogP contribution in [0.15, 0.2) is 60.7 Å². The van der Waals surface area contributed by atoms with Crippen molar-refractivity contribution in [1.82, 2.24) is 9.55 Å². The van der Waals surface area contributed by atoms with E-state index >= 15 is 0 Å². The van der Waals surface area contributed by atoms with Gasteiger partial charge in [0.2, 0.25) is 0 Å². The number of fused-ring (bicyclic) bond motifs is 1. The minimum absolute atomic E-state index is 0.323. The fourth-order valence-corrected chi connectivity index (χ4v) is 4.23. The highest BCUT2D eigenvalue weighted by atomic mass is 16.4. The normalized spacial score (nSPS) is 11.2. The van der Waals surface area contributed by atoms with Crippen LogP contribution in [-0.2, 0) is 13.0 Å². The van der Waals surface area contributed by atoms with Crippen LogP contribution in [0.3, 0.4) is 0 Å². The van der Waals surface area contributed by atoms with Gasteiger partial charge in [-0.15, -0.1) is 0 Å². The average Bonchev–Trinajstić information content (AvgIpc) is 3.10. The Morgan fingerprint density at radius 3 is 2.48 bits per heavy atom. The number of nitrogens with zero attached hydrogens (tertiary/aromatic N) is 2. The monoisotopic (exact) mass is 412 g/mol. The van der Waals surface area contributed by atoms with Gasteiger partial charge in [-0.1, -0.05) is 55.8 Å². The Balaban J connectivity index is 1.70. The highest BCUT2D eigenvalue weighted by Gasteiger charge is 2.14. The first-order valence-corrected chi connectivity index (χ1v) is 10.9. The van der Waals surface area contributed by atoms with E-state index in [-0.39, 0.29) is 0 Å². The molecule has 4 rings (SSSR count). The van der Waals surface area contributed by atoms with Crippen LogP contribution in [0.1, 0.15) is 52.6 Å². The molecule has 2 aromatic heterocycles. The van der Waals surface area contributed by atoms with E-state index in [1.54, 1.807) is 12.1 Å². The van der Waals surface area contributed by atoms with Gasteiger partial charge in [0, 0.05) is 23.3 Å². The summed E-state index contributed by atoms with van der Waals surface area (Å²) in [5.41, 5.74) is 7.81. The van der Waals surface area contributed by atoms with E-state index in [1.807, 2.05) is 31.2 Å². The van der Waals surface area contributed by atoms with Crippen LogP contribution in [0.5, 0.6) is 0 Å². The summed E-state index contributed by atoms with van der Waals surface area (Å²) in [4.78, 5) is 16.4. The summed E-state index contributed by atoms with van der Waals surface area (Å²) in [6, 6.07) is 19.8. The number of carbonyl (C=O) groups is 1. The summed E-state index contributed by atoms with van der Waals surface area (Å²) in [7, 11) is 0. The molecule has 0 fully saturated rings. The van der Waals surface area contributed by atoms with Gasteiger partial charge in [0.1, 0.15) is 5.65 Å². The van der Waals surface area contributed by atoms with Crippen molar-refractivity contribution in [2.75, 3.05) is 0 Å². The first kappa shape index (κ1) is 20.9. The molecule has 0 saturated carbocycles. The molecule has 0 spiro atoms. The second-order valence-corrected chi connectivity index (χ2v) is 8.19. The number of aromatic carboxylic acids is 1. The number of unbranched alkanes of at least 4 members (excludes halogenated alkanes) is 1. The molecule has 158 valence electrons. The van der Waals surface area contributed by atoms with E-state index in [0.717, 1.165) is 48.3 Å². The molecule has 0 unspecified atom stereocenters. The van der Waals surface area contributed by atoms with Crippen molar-refractivity contribution in [1.29, 1.82) is 0 Å². The number of benzene rings is 2. The van der Waals surface area contributed by atoms with Crippen molar-refractivity contribution >= 4 is 17.0 Å². The van der Waals surface area contributed by atoms with Gasteiger partial charge in [0.25, 0.3) is 0 Å². The Hall–Kier alpha value is -3.40. The molecule has 0 radical (unpaired) electrons. The zero-order valence-electron chi connectivity index (χ0n) is 18.4. The molecule has 0 aliphatic rings. The maximum absolute atomic E-state index is 11.6. The van der Waals surface area contributed by atoms with E-state index in [2.05, 4.69) is 42.7 Å². The van der Waals surface area contributed by atoms with Crippen LogP contribution in [-0.4, -0.2) is 20.6 Å². The zero-order valence-corrected chi connectivity index (χ0v) is 18.4. The summed E-state index contributed by atoms with van der Waals surface area (Å²) >= 11 is 0. The maximum atomic E-state index is 11.6. The van der Waals surface area contributed by atoms with Gasteiger partial charge in [0.15, 0.2) is 0 Å². The Bertz CT molecular complexity index is 1240. The predicted octanol–water partition coefficient (Wildman–Crippen LogP) is 6.41. The van der Waals surface area contributed by atoms with Gasteiger partial charge >= 0.3 is 5.97 Å². The highest BCUT2D eigenvalue weighted by molar-refractivity contribution is 5.96. The van der Waals surface area contributed by atoms with Crippen LogP contribution in [0.4, 0.5) is 0 Å². The van der Waals surface area contributed by atoms with E-state index in [4.69, 9.17) is 4.98 Å². The molecule has 2 heterocycles. The lowest BCUT2D eigenvalue weighted by molar-refractivity contribution is 0.0697. The van der Waals surface area contributed by atoms with E-state index < -0.39 is 5.97 Å². The Labute approximate surface area is 183 Å². The van der Waals surface area contributed by atoms with E-state index in [0.29, 0.717) is 5.56 Å². The third-order valence-electron chi connectivity index (χ3n) is 5.84. The molecular formula is C27H28N2O2. The van der Waals surface area contributed by atoms with Crippen molar-refractivity contribution in [2.45, 2.75) is 46.6 Å². The molecule has 0 amide bonds. The number of aromatic nitrogens is 2. The Morgan fingerprint density at radius 1 is 1.03 bits per heavy atom. The molecule has 1 N–H and O–H groups in total. The molecule has 31 heavy (non-hydrogen) atoms. The van der Waals surface area contributed by atoms with Crippen molar-refractivity contribution in [2.24, 2.45) is 0 Å². The third-order valence-corrected chi connectivity index (χ3v) is 5.84. The second kappa shape index (κ2) is 8.76. The van der Waals surface area contributed by atoms with E-state index in [1.165, 1.54) is 22.2 Å². The zero-order chi connectivity index (χ0) is 22.0. The van der Waals surface area contributed by atoms with E-state index in [9.17, 15) is 9.90 Å². The molecule has 4 aromatic rings. The lowest BCUT2D eigenvalue weighted by Gasteiger charge is -2.12. The summed E-state index contributed by atoms with van der Waals surface area (Å²) in [5.74, 6) is -0.907. The van der Waals surface area contributed by atoms with Crippen molar-refractivity contribution in [3.8, 4) is 11.1 Å². The number of carboxylic acids is 1. The summed E-state index contributed by atoms with van der Waals surface area (Å²) < 4.78 is 2.34. The number of carboxylic acid groups (broad SMARTS) is 1. The second-order valence-electron chi connectivity index (χ2n) is 8.19. The van der Waals surface area contributed by atoms with Crippen molar-refractivity contribution in [3.05, 3.63) is 88.7 Å². The quantitative estimate of drug-likeness (QED) is 0.382. The smallest absolute Gasteiger partial charge is 0.336 e. The van der Waals surface area contributed by atoms with Crippen LogP contribution < -0.4 is 0 Å². The molecule has 2 aromatic carbocycles. The molecule has 4 nitrogen and oxygen atoms in total. The lowest BCUT2D eigenvalue weighted by atomic mass is 9.99. The fraction of sp³-hybridized carbons (Fsp3) is 0.259. The highest BCUT2D eigenvalue weighted by Crippen LogP contribution is 2.27. The SMILES string of the molecule is CCCCc1cc2c(C)cc(C)nc2n1Cc1ccc(-c2ccccc2C(=O)O)cc1. The molecule has 0 atom stereocenters. The standard InChI is InChI=1S/C27H28N2O2/c1-4-5-8-22-16-25-18(2)15-19(3)28-26(25)29(22)17-20-11-13-21(14-12-20)23-9-6-7-10-24(23)27(30)31/h6-7,9-16H,4-5,8,17H2,1-3H3,(H,30,31). The summed E-state index contributed by atoms with van der Waals surface area (Å²) in [5, 5.41) is 10.7. The molecular weight excluding hydrogens is 384 g/mol. The number of rotatable bonds is 7. The number of aryl methyl sites for hydroxylation is 3. The average molecular weight is 413 g/mol. The van der Waals surface area contributed by atoms with Crippen LogP contribution in [0.25, 0.3) is 22.2 Å². The minimum atomic E-state index is -0.907. The summed E-state index contributed by atoms with van der Waals surface area (Å²) in [6.07, 6.45) is 3.35. The number of pyridine rings is 1.